The normalized spacial score (nSPS) is 22.7. The number of carboxylic acid groups (broad SMARTS) is 1. The third-order valence-corrected chi connectivity index (χ3v) is 8.21. The minimum Gasteiger partial charge on any atom is -0.481 e. The minimum absolute atomic E-state index is 0.000843. The largest absolute Gasteiger partial charge is 0.481 e. The standard InChI is InChI=1S/C30H30N2O3/c1-16-13-19-26-17-7-4-5-9-21(17)32-29(26)27(28(19)30(2,3)14-16)20-15-31-22-10-6-8-18(25(20)22)23(33)11-12-24(34)35/h4-10,13,15,19,27-28,31-32H,11-12,14H2,1-3H3,(H,34,35)/t19-,27+,28-/m0/s1. The minimum atomic E-state index is -0.952. The molecule has 35 heavy (non-hydrogen) atoms. The van der Waals surface area contributed by atoms with Crippen LogP contribution in [0.25, 0.3) is 21.8 Å². The molecular weight excluding hydrogens is 436 g/mol. The van der Waals surface area contributed by atoms with Gasteiger partial charge in [0.15, 0.2) is 5.78 Å². The molecule has 5 nitrogen and oxygen atoms in total. The highest BCUT2D eigenvalue weighted by molar-refractivity contribution is 6.09. The first-order valence-corrected chi connectivity index (χ1v) is 12.4. The van der Waals surface area contributed by atoms with Crippen molar-refractivity contribution >= 4 is 33.6 Å². The smallest absolute Gasteiger partial charge is 0.303 e. The number of hydrogen-bond donors (Lipinski definition) is 3. The van der Waals surface area contributed by atoms with E-state index in [1.54, 1.807) is 0 Å². The van der Waals surface area contributed by atoms with Gasteiger partial charge in [0.05, 0.1) is 6.42 Å². The van der Waals surface area contributed by atoms with Crippen LogP contribution in [-0.4, -0.2) is 26.8 Å². The van der Waals surface area contributed by atoms with E-state index < -0.39 is 5.97 Å². The maximum atomic E-state index is 13.2. The molecule has 0 saturated carbocycles. The van der Waals surface area contributed by atoms with Gasteiger partial charge in [0.2, 0.25) is 0 Å². The average Bonchev–Trinajstić information content (AvgIpc) is 3.48. The van der Waals surface area contributed by atoms with Crippen molar-refractivity contribution in [2.45, 2.75) is 51.9 Å². The van der Waals surface area contributed by atoms with E-state index >= 15 is 0 Å². The molecule has 2 aromatic heterocycles. The third-order valence-electron chi connectivity index (χ3n) is 8.21. The predicted octanol–water partition coefficient (Wildman–Crippen LogP) is 6.92. The van der Waals surface area contributed by atoms with Crippen molar-refractivity contribution in [3.05, 3.63) is 82.7 Å². The molecule has 0 saturated heterocycles. The van der Waals surface area contributed by atoms with Crippen LogP contribution in [0.2, 0.25) is 0 Å². The van der Waals surface area contributed by atoms with Crippen LogP contribution in [0, 0.1) is 11.3 Å². The molecule has 0 unspecified atom stereocenters. The number of fused-ring (bicyclic) bond motifs is 6. The molecule has 178 valence electrons. The summed E-state index contributed by atoms with van der Waals surface area (Å²) in [5.41, 5.74) is 7.93. The summed E-state index contributed by atoms with van der Waals surface area (Å²) < 4.78 is 0. The second-order valence-corrected chi connectivity index (χ2v) is 11.0. The van der Waals surface area contributed by atoms with E-state index in [1.807, 2.05) is 18.2 Å². The molecule has 0 spiro atoms. The van der Waals surface area contributed by atoms with E-state index in [0.29, 0.717) is 17.4 Å². The van der Waals surface area contributed by atoms with E-state index in [-0.39, 0.29) is 30.0 Å². The van der Waals surface area contributed by atoms with Crippen LogP contribution in [0.15, 0.2) is 60.3 Å². The second kappa shape index (κ2) is 7.70. The maximum absolute atomic E-state index is 13.2. The summed E-state index contributed by atoms with van der Waals surface area (Å²) in [7, 11) is 0. The first-order valence-electron chi connectivity index (χ1n) is 12.4. The van der Waals surface area contributed by atoms with Crippen LogP contribution in [-0.2, 0) is 4.79 Å². The lowest BCUT2D eigenvalue weighted by atomic mass is 9.61. The van der Waals surface area contributed by atoms with Crippen molar-refractivity contribution in [1.82, 2.24) is 9.97 Å². The number of allylic oxidation sites excluding steroid dienone is 2. The Kier molecular flexibility index (Phi) is 4.82. The van der Waals surface area contributed by atoms with Crippen molar-refractivity contribution in [2.24, 2.45) is 11.3 Å². The Hall–Kier alpha value is -3.60. The van der Waals surface area contributed by atoms with Crippen LogP contribution in [0.3, 0.4) is 0 Å². The van der Waals surface area contributed by atoms with E-state index in [1.165, 1.54) is 22.2 Å². The van der Waals surface area contributed by atoms with Gasteiger partial charge in [-0.15, -0.1) is 0 Å². The highest BCUT2D eigenvalue weighted by Crippen LogP contribution is 2.62. The third kappa shape index (κ3) is 3.28. The Bertz CT molecular complexity index is 1530. The Morgan fingerprint density at radius 2 is 1.83 bits per heavy atom. The van der Waals surface area contributed by atoms with E-state index in [2.05, 4.69) is 67.3 Å². The Labute approximate surface area is 204 Å². The highest BCUT2D eigenvalue weighted by atomic mass is 16.4. The van der Waals surface area contributed by atoms with Gasteiger partial charge in [0.1, 0.15) is 0 Å². The number of carboxylic acids is 1. The number of hydrogen-bond acceptors (Lipinski definition) is 2. The van der Waals surface area contributed by atoms with E-state index in [0.717, 1.165) is 28.4 Å². The van der Waals surface area contributed by atoms with Crippen LogP contribution in [0.4, 0.5) is 0 Å². The molecule has 2 aliphatic rings. The average molecular weight is 467 g/mol. The number of carbonyl (C=O) groups is 2. The van der Waals surface area contributed by atoms with Crippen molar-refractivity contribution in [3.8, 4) is 0 Å². The summed E-state index contributed by atoms with van der Waals surface area (Å²) in [4.78, 5) is 31.5. The topological polar surface area (TPSA) is 86.0 Å². The number of rotatable bonds is 5. The van der Waals surface area contributed by atoms with E-state index in [9.17, 15) is 9.59 Å². The summed E-state index contributed by atoms with van der Waals surface area (Å²) in [6.07, 6.45) is 5.41. The fourth-order valence-electron chi connectivity index (χ4n) is 7.07. The molecule has 0 radical (unpaired) electrons. The predicted molar refractivity (Wildman–Crippen MR) is 138 cm³/mol. The molecule has 2 aromatic carbocycles. The number of H-pyrrole nitrogens is 2. The Morgan fingerprint density at radius 1 is 1.06 bits per heavy atom. The molecular formula is C30H30N2O3. The van der Waals surface area contributed by atoms with Gasteiger partial charge < -0.3 is 15.1 Å². The molecule has 2 heterocycles. The molecule has 0 amide bonds. The van der Waals surface area contributed by atoms with Gasteiger partial charge in [-0.1, -0.05) is 55.8 Å². The lowest BCUT2D eigenvalue weighted by molar-refractivity contribution is -0.136. The van der Waals surface area contributed by atoms with Crippen LogP contribution < -0.4 is 0 Å². The molecule has 6 rings (SSSR count). The number of nitrogens with one attached hydrogen (secondary N) is 2. The summed E-state index contributed by atoms with van der Waals surface area (Å²) in [6.45, 7) is 6.98. The highest BCUT2D eigenvalue weighted by Gasteiger charge is 2.52. The number of benzene rings is 2. The number of Topliss-reactive ketones (excluding diaryl/α,β-unsaturated/α-hetero) is 1. The lowest BCUT2D eigenvalue weighted by Gasteiger charge is -2.43. The molecule has 5 heteroatoms. The van der Waals surface area contributed by atoms with Gasteiger partial charge in [-0.2, -0.15) is 0 Å². The molecule has 2 aliphatic carbocycles. The van der Waals surface area contributed by atoms with Crippen molar-refractivity contribution in [2.75, 3.05) is 0 Å². The number of para-hydroxylation sites is 1. The van der Waals surface area contributed by atoms with Crippen LogP contribution in [0.1, 0.15) is 79.0 Å². The number of carbonyl (C=O) groups excluding carboxylic acids is 1. The second-order valence-electron chi connectivity index (χ2n) is 11.0. The monoisotopic (exact) mass is 466 g/mol. The summed E-state index contributed by atoms with van der Waals surface area (Å²) in [5, 5.41) is 11.3. The van der Waals surface area contributed by atoms with Crippen LogP contribution in [0.5, 0.6) is 0 Å². The number of ketones is 1. The summed E-state index contributed by atoms with van der Waals surface area (Å²) >= 11 is 0. The number of aromatic nitrogens is 2. The van der Waals surface area contributed by atoms with Crippen LogP contribution >= 0.6 is 0 Å². The molecule has 4 aromatic rings. The number of aliphatic carboxylic acids is 1. The van der Waals surface area contributed by atoms with E-state index in [4.69, 9.17) is 5.11 Å². The Balaban J connectivity index is 1.59. The fraction of sp³-hybridized carbons (Fsp3) is 0.333. The van der Waals surface area contributed by atoms with Gasteiger partial charge in [-0.3, -0.25) is 9.59 Å². The molecule has 0 fully saturated rings. The molecule has 0 bridgehead atoms. The first-order chi connectivity index (χ1) is 16.8. The van der Waals surface area contributed by atoms with Gasteiger partial charge in [0, 0.05) is 57.5 Å². The van der Waals surface area contributed by atoms with Gasteiger partial charge >= 0.3 is 5.97 Å². The van der Waals surface area contributed by atoms with Gasteiger partial charge in [-0.05, 0) is 47.9 Å². The zero-order valence-electron chi connectivity index (χ0n) is 20.3. The van der Waals surface area contributed by atoms with Crippen molar-refractivity contribution < 1.29 is 14.7 Å². The quantitative estimate of drug-likeness (QED) is 0.220. The molecule has 3 atom stereocenters. The fourth-order valence-corrected chi connectivity index (χ4v) is 7.07. The van der Waals surface area contributed by atoms with Crippen molar-refractivity contribution in [1.29, 1.82) is 0 Å². The van der Waals surface area contributed by atoms with Crippen molar-refractivity contribution in [3.63, 3.8) is 0 Å². The first kappa shape index (κ1) is 21.9. The SMILES string of the molecule is CC1=C[C@H]2c3c([nH]c4ccccc34)[C@H](c3c[nH]c4cccc(C(=O)CCC(=O)O)c34)[C@H]2C(C)(C)C1. The molecule has 0 aliphatic heterocycles. The maximum Gasteiger partial charge on any atom is 0.303 e. The van der Waals surface area contributed by atoms with Gasteiger partial charge in [0.25, 0.3) is 0 Å². The number of aromatic amines is 2. The zero-order chi connectivity index (χ0) is 24.5. The Morgan fingerprint density at radius 3 is 2.63 bits per heavy atom. The lowest BCUT2D eigenvalue weighted by Crippen LogP contribution is -2.33. The summed E-state index contributed by atoms with van der Waals surface area (Å²) in [6, 6.07) is 14.2. The zero-order valence-corrected chi connectivity index (χ0v) is 20.3. The van der Waals surface area contributed by atoms with Gasteiger partial charge in [-0.25, -0.2) is 0 Å². The molecule has 3 N–H and O–H groups in total. The summed E-state index contributed by atoms with van der Waals surface area (Å²) in [5.74, 6) is -0.326.